The highest BCUT2D eigenvalue weighted by Gasteiger charge is 2.39. The summed E-state index contributed by atoms with van der Waals surface area (Å²) in [6, 6.07) is 1.44. The van der Waals surface area contributed by atoms with Crippen LogP contribution in [0.5, 0.6) is 0 Å². The Balaban J connectivity index is 1.92. The van der Waals surface area contributed by atoms with Gasteiger partial charge in [-0.15, -0.1) is 0 Å². The van der Waals surface area contributed by atoms with E-state index in [2.05, 4.69) is 19.2 Å². The second-order valence-electron chi connectivity index (χ2n) is 5.50. The van der Waals surface area contributed by atoms with Crippen molar-refractivity contribution in [1.29, 1.82) is 0 Å². The fourth-order valence-corrected chi connectivity index (χ4v) is 3.51. The number of aliphatic hydroxyl groups excluding tert-OH is 1. The number of aliphatic hydroxyl groups is 1. The minimum atomic E-state index is -0.0456. The van der Waals surface area contributed by atoms with Crippen molar-refractivity contribution in [3.63, 3.8) is 0 Å². The lowest BCUT2D eigenvalue weighted by atomic mass is 9.70. The number of fused-ring (bicyclic) bond motifs is 1. The van der Waals surface area contributed by atoms with Crippen LogP contribution in [0.3, 0.4) is 0 Å². The van der Waals surface area contributed by atoms with Crippen LogP contribution >= 0.6 is 0 Å². The van der Waals surface area contributed by atoms with E-state index in [-0.39, 0.29) is 6.10 Å². The van der Waals surface area contributed by atoms with Crippen LogP contribution in [0.4, 0.5) is 0 Å². The van der Waals surface area contributed by atoms with Crippen LogP contribution < -0.4 is 5.32 Å². The van der Waals surface area contributed by atoms with Gasteiger partial charge in [0.05, 0.1) is 6.10 Å². The molecule has 0 bridgehead atoms. The topological polar surface area (TPSA) is 32.3 Å². The molecule has 2 N–H and O–H groups in total. The van der Waals surface area contributed by atoms with Crippen molar-refractivity contribution in [2.24, 2.45) is 11.8 Å². The van der Waals surface area contributed by atoms with Crippen molar-refractivity contribution in [2.45, 2.75) is 70.6 Å². The first-order valence-corrected chi connectivity index (χ1v) is 6.66. The largest absolute Gasteiger partial charge is 0.393 e. The highest BCUT2D eigenvalue weighted by molar-refractivity contribution is 4.94. The van der Waals surface area contributed by atoms with Gasteiger partial charge in [0.2, 0.25) is 0 Å². The molecule has 1 aliphatic carbocycles. The third-order valence-corrected chi connectivity index (χ3v) is 4.51. The average Bonchev–Trinajstić information content (AvgIpc) is 2.24. The summed E-state index contributed by atoms with van der Waals surface area (Å²) in [7, 11) is 0. The Morgan fingerprint density at radius 2 is 2.00 bits per heavy atom. The van der Waals surface area contributed by atoms with E-state index in [9.17, 15) is 5.11 Å². The Morgan fingerprint density at radius 3 is 2.73 bits per heavy atom. The monoisotopic (exact) mass is 211 g/mol. The van der Waals surface area contributed by atoms with Gasteiger partial charge in [0.1, 0.15) is 0 Å². The molecule has 0 spiro atoms. The second kappa shape index (κ2) is 4.84. The molecule has 5 atom stereocenters. The van der Waals surface area contributed by atoms with Gasteiger partial charge in [-0.2, -0.15) is 0 Å². The highest BCUT2D eigenvalue weighted by atomic mass is 16.3. The number of rotatable bonds is 2. The predicted molar refractivity (Wildman–Crippen MR) is 62.7 cm³/mol. The summed E-state index contributed by atoms with van der Waals surface area (Å²) in [6.07, 6.45) is 7.36. The lowest BCUT2D eigenvalue weighted by Gasteiger charge is -2.45. The molecule has 0 aromatic carbocycles. The van der Waals surface area contributed by atoms with E-state index in [1.54, 1.807) is 0 Å². The van der Waals surface area contributed by atoms with Gasteiger partial charge in [-0.3, -0.25) is 0 Å². The summed E-state index contributed by atoms with van der Waals surface area (Å²) in [6.45, 7) is 4.49. The summed E-state index contributed by atoms with van der Waals surface area (Å²) < 4.78 is 0. The van der Waals surface area contributed by atoms with Crippen molar-refractivity contribution in [3.05, 3.63) is 0 Å². The zero-order chi connectivity index (χ0) is 10.8. The third kappa shape index (κ3) is 2.36. The van der Waals surface area contributed by atoms with Gasteiger partial charge in [0.25, 0.3) is 0 Å². The van der Waals surface area contributed by atoms with Crippen molar-refractivity contribution in [2.75, 3.05) is 0 Å². The molecule has 2 aliphatic rings. The Hall–Kier alpha value is -0.0800. The van der Waals surface area contributed by atoms with Crippen LogP contribution in [0.1, 0.15) is 52.4 Å². The SMILES string of the molecule is CCC[C@H]1CC[C@H]2[C@H](C)[C@H](O)CC[C@H]2N1. The first-order valence-electron chi connectivity index (χ1n) is 6.66. The zero-order valence-electron chi connectivity index (χ0n) is 10.1. The van der Waals surface area contributed by atoms with Crippen molar-refractivity contribution in [3.8, 4) is 0 Å². The maximum atomic E-state index is 9.86. The number of hydrogen-bond acceptors (Lipinski definition) is 2. The molecule has 0 radical (unpaired) electrons. The van der Waals surface area contributed by atoms with E-state index in [1.807, 2.05) is 0 Å². The average molecular weight is 211 g/mol. The molecule has 88 valence electrons. The molecule has 15 heavy (non-hydrogen) atoms. The summed E-state index contributed by atoms with van der Waals surface area (Å²) >= 11 is 0. The fraction of sp³-hybridized carbons (Fsp3) is 1.00. The molecular weight excluding hydrogens is 186 g/mol. The molecule has 0 aromatic heterocycles. The minimum absolute atomic E-state index is 0.0456. The first kappa shape index (κ1) is 11.4. The molecule has 2 fully saturated rings. The molecule has 2 rings (SSSR count). The van der Waals surface area contributed by atoms with Crippen LogP contribution in [-0.4, -0.2) is 23.3 Å². The Morgan fingerprint density at radius 1 is 1.20 bits per heavy atom. The van der Waals surface area contributed by atoms with Crippen molar-refractivity contribution >= 4 is 0 Å². The van der Waals surface area contributed by atoms with Gasteiger partial charge in [-0.1, -0.05) is 20.3 Å². The van der Waals surface area contributed by atoms with Crippen molar-refractivity contribution < 1.29 is 5.11 Å². The van der Waals surface area contributed by atoms with Crippen molar-refractivity contribution in [1.82, 2.24) is 5.32 Å². The van der Waals surface area contributed by atoms with Crippen LogP contribution in [0.2, 0.25) is 0 Å². The normalized spacial score (nSPS) is 46.2. The quantitative estimate of drug-likeness (QED) is 0.734. The van der Waals surface area contributed by atoms with Gasteiger partial charge < -0.3 is 10.4 Å². The molecule has 2 nitrogen and oxygen atoms in total. The molecule has 1 saturated carbocycles. The third-order valence-electron chi connectivity index (χ3n) is 4.51. The molecular formula is C13H25NO. The summed E-state index contributed by atoms with van der Waals surface area (Å²) in [5.74, 6) is 1.22. The van der Waals surface area contributed by atoms with E-state index in [1.165, 1.54) is 32.1 Å². The zero-order valence-corrected chi connectivity index (χ0v) is 10.1. The Kier molecular flexibility index (Phi) is 3.68. The van der Waals surface area contributed by atoms with Crippen LogP contribution in [0.25, 0.3) is 0 Å². The van der Waals surface area contributed by atoms with Gasteiger partial charge >= 0.3 is 0 Å². The lowest BCUT2D eigenvalue weighted by Crippen LogP contribution is -2.53. The Bertz CT molecular complexity index is 207. The van der Waals surface area contributed by atoms with Gasteiger partial charge in [-0.05, 0) is 43.9 Å². The molecule has 1 aliphatic heterocycles. The van der Waals surface area contributed by atoms with E-state index in [4.69, 9.17) is 0 Å². The molecule has 0 unspecified atom stereocenters. The maximum Gasteiger partial charge on any atom is 0.0569 e. The van der Waals surface area contributed by atoms with E-state index < -0.39 is 0 Å². The van der Waals surface area contributed by atoms with Crippen LogP contribution in [0, 0.1) is 11.8 Å². The summed E-state index contributed by atoms with van der Waals surface area (Å²) in [5, 5.41) is 13.7. The first-order chi connectivity index (χ1) is 7.22. The lowest BCUT2D eigenvalue weighted by molar-refractivity contribution is 0.00383. The Labute approximate surface area is 93.5 Å². The molecule has 1 heterocycles. The highest BCUT2D eigenvalue weighted by Crippen LogP contribution is 2.37. The van der Waals surface area contributed by atoms with Gasteiger partial charge in [0.15, 0.2) is 0 Å². The summed E-state index contributed by atoms with van der Waals surface area (Å²) in [4.78, 5) is 0. The predicted octanol–water partition coefficient (Wildman–Crippen LogP) is 2.31. The molecule has 0 aromatic rings. The molecule has 0 amide bonds. The standard InChI is InChI=1S/C13H25NO/c1-3-4-10-5-6-11-9(2)13(15)8-7-12(11)14-10/h9-15H,3-8H2,1-2H3/t9-,10-,11-,12+,13+/m0/s1. The molecule has 2 heteroatoms. The number of hydrogen-bond donors (Lipinski definition) is 2. The van der Waals surface area contributed by atoms with E-state index in [0.29, 0.717) is 12.0 Å². The molecule has 1 saturated heterocycles. The van der Waals surface area contributed by atoms with E-state index >= 15 is 0 Å². The smallest absolute Gasteiger partial charge is 0.0569 e. The van der Waals surface area contributed by atoms with Crippen LogP contribution in [-0.2, 0) is 0 Å². The number of piperidine rings is 1. The van der Waals surface area contributed by atoms with Crippen LogP contribution in [0.15, 0.2) is 0 Å². The number of nitrogens with one attached hydrogen (secondary N) is 1. The fourth-order valence-electron chi connectivity index (χ4n) is 3.51. The van der Waals surface area contributed by atoms with Gasteiger partial charge in [0, 0.05) is 12.1 Å². The minimum Gasteiger partial charge on any atom is -0.393 e. The summed E-state index contributed by atoms with van der Waals surface area (Å²) in [5.41, 5.74) is 0. The second-order valence-corrected chi connectivity index (χ2v) is 5.50. The van der Waals surface area contributed by atoms with E-state index in [0.717, 1.165) is 18.4 Å². The maximum absolute atomic E-state index is 9.86. The van der Waals surface area contributed by atoms with Gasteiger partial charge in [-0.25, -0.2) is 0 Å².